The van der Waals surface area contributed by atoms with E-state index in [1.165, 1.54) is 22.3 Å². The summed E-state index contributed by atoms with van der Waals surface area (Å²) < 4.78 is 0. The fourth-order valence-electron chi connectivity index (χ4n) is 2.84. The van der Waals surface area contributed by atoms with Crippen LogP contribution >= 0.6 is 0 Å². The molecule has 0 aromatic heterocycles. The van der Waals surface area contributed by atoms with Gasteiger partial charge in [-0.05, 0) is 79.1 Å². The molecule has 0 saturated heterocycles. The van der Waals surface area contributed by atoms with E-state index < -0.39 is 0 Å². The summed E-state index contributed by atoms with van der Waals surface area (Å²) in [4.78, 5) is 9.39. The van der Waals surface area contributed by atoms with Crippen LogP contribution in [0.2, 0.25) is 0 Å². The predicted molar refractivity (Wildman–Crippen MR) is 111 cm³/mol. The smallest absolute Gasteiger partial charge is 0.0638 e. The van der Waals surface area contributed by atoms with Crippen LogP contribution < -0.4 is 0 Å². The van der Waals surface area contributed by atoms with Crippen molar-refractivity contribution >= 4 is 23.3 Å². The van der Waals surface area contributed by atoms with Crippen molar-refractivity contribution < 1.29 is 16.5 Å². The van der Waals surface area contributed by atoms with Crippen LogP contribution in [0.15, 0.2) is 46.4 Å². The zero-order valence-electron chi connectivity index (χ0n) is 16.6. The summed E-state index contributed by atoms with van der Waals surface area (Å²) in [5, 5.41) is 0. The topological polar surface area (TPSA) is 24.7 Å². The summed E-state index contributed by atoms with van der Waals surface area (Å²) in [5.74, 6) is 0. The van der Waals surface area contributed by atoms with Gasteiger partial charge in [-0.1, -0.05) is 39.8 Å². The normalized spacial score (nSPS) is 11.7. The standard InChI is InChI=1S/C23H30N2.Ni/c1-6-18-10-19(7-2)13-22(12-18)24-16-17(5)25-23-14-20(8-3)11-21(9-4)15-23;/h10-16H,6-9H2,1-5H3;. The van der Waals surface area contributed by atoms with E-state index in [0.717, 1.165) is 42.8 Å². The minimum atomic E-state index is 0. The molecule has 0 saturated carbocycles. The molecule has 142 valence electrons. The van der Waals surface area contributed by atoms with Crippen molar-refractivity contribution in [2.45, 2.75) is 60.3 Å². The van der Waals surface area contributed by atoms with Gasteiger partial charge in [-0.25, -0.2) is 0 Å². The number of aliphatic imine (C=N–C) groups is 2. The molecule has 2 rings (SSSR count). The molecule has 0 atom stereocenters. The van der Waals surface area contributed by atoms with Crippen molar-refractivity contribution in [3.05, 3.63) is 58.7 Å². The molecule has 0 heterocycles. The zero-order chi connectivity index (χ0) is 18.2. The Bertz CT molecular complexity index is 731. The maximum atomic E-state index is 4.74. The van der Waals surface area contributed by atoms with Gasteiger partial charge < -0.3 is 0 Å². The molecule has 0 aliphatic carbocycles. The first-order chi connectivity index (χ1) is 12.1. The molecule has 0 N–H and O–H groups in total. The molecular weight excluding hydrogens is 363 g/mol. The van der Waals surface area contributed by atoms with Crippen molar-refractivity contribution in [1.82, 2.24) is 0 Å². The number of benzene rings is 2. The Labute approximate surface area is 168 Å². The first-order valence-corrected chi connectivity index (χ1v) is 9.42. The third-order valence-corrected chi connectivity index (χ3v) is 4.41. The average Bonchev–Trinajstić information content (AvgIpc) is 2.65. The van der Waals surface area contributed by atoms with E-state index in [2.05, 4.69) is 69.1 Å². The minimum absolute atomic E-state index is 0. The van der Waals surface area contributed by atoms with Crippen LogP contribution in [0.3, 0.4) is 0 Å². The van der Waals surface area contributed by atoms with E-state index in [0.29, 0.717) is 0 Å². The first-order valence-electron chi connectivity index (χ1n) is 9.42. The Morgan fingerprint density at radius 1 is 0.692 bits per heavy atom. The number of hydrogen-bond donors (Lipinski definition) is 0. The Kier molecular flexibility index (Phi) is 9.51. The molecule has 3 heteroatoms. The van der Waals surface area contributed by atoms with E-state index in [1.807, 2.05) is 13.1 Å². The minimum Gasteiger partial charge on any atom is -0.255 e. The van der Waals surface area contributed by atoms with Crippen LogP contribution in [-0.2, 0) is 42.2 Å². The second kappa shape index (κ2) is 11.1. The Morgan fingerprint density at radius 2 is 1.08 bits per heavy atom. The van der Waals surface area contributed by atoms with Gasteiger partial charge in [-0.3, -0.25) is 9.98 Å². The Balaban J connectivity index is 0.00000338. The fraction of sp³-hybridized carbons (Fsp3) is 0.391. The van der Waals surface area contributed by atoms with Crippen molar-refractivity contribution in [3.63, 3.8) is 0 Å². The second-order valence-corrected chi connectivity index (χ2v) is 6.44. The number of aryl methyl sites for hydroxylation is 4. The van der Waals surface area contributed by atoms with Crippen molar-refractivity contribution in [3.8, 4) is 0 Å². The summed E-state index contributed by atoms with van der Waals surface area (Å²) in [6, 6.07) is 13.2. The summed E-state index contributed by atoms with van der Waals surface area (Å²) in [5.41, 5.74) is 8.32. The predicted octanol–water partition coefficient (Wildman–Crippen LogP) is 6.43. The van der Waals surface area contributed by atoms with Gasteiger partial charge in [0.05, 0.1) is 17.1 Å². The van der Waals surface area contributed by atoms with Gasteiger partial charge in [0.1, 0.15) is 0 Å². The molecule has 0 spiro atoms. The van der Waals surface area contributed by atoms with Crippen molar-refractivity contribution in [2.24, 2.45) is 9.98 Å². The first kappa shape index (κ1) is 22.3. The molecule has 0 unspecified atom stereocenters. The molecule has 0 bridgehead atoms. The zero-order valence-corrected chi connectivity index (χ0v) is 17.6. The van der Waals surface area contributed by atoms with Crippen LogP contribution in [0.4, 0.5) is 11.4 Å². The van der Waals surface area contributed by atoms with Gasteiger partial charge >= 0.3 is 0 Å². The largest absolute Gasteiger partial charge is 0.255 e. The molecule has 0 fully saturated rings. The monoisotopic (exact) mass is 392 g/mol. The van der Waals surface area contributed by atoms with Gasteiger partial charge in [0.25, 0.3) is 0 Å². The quantitative estimate of drug-likeness (QED) is 0.383. The summed E-state index contributed by atoms with van der Waals surface area (Å²) >= 11 is 0. The summed E-state index contributed by atoms with van der Waals surface area (Å²) in [6.07, 6.45) is 6.01. The number of rotatable bonds is 7. The van der Waals surface area contributed by atoms with Gasteiger partial charge in [0.2, 0.25) is 0 Å². The molecule has 0 aliphatic rings. The van der Waals surface area contributed by atoms with E-state index in [9.17, 15) is 0 Å². The van der Waals surface area contributed by atoms with Crippen LogP contribution in [-0.4, -0.2) is 11.9 Å². The van der Waals surface area contributed by atoms with E-state index >= 15 is 0 Å². The third kappa shape index (κ3) is 6.54. The van der Waals surface area contributed by atoms with Gasteiger partial charge in [0, 0.05) is 22.7 Å². The van der Waals surface area contributed by atoms with Crippen LogP contribution in [0.1, 0.15) is 56.9 Å². The molecular formula is C23H30N2Ni. The molecule has 2 aromatic carbocycles. The Hall–Kier alpha value is -1.73. The molecule has 26 heavy (non-hydrogen) atoms. The van der Waals surface area contributed by atoms with Crippen molar-refractivity contribution in [2.75, 3.05) is 0 Å². The number of nitrogens with zero attached hydrogens (tertiary/aromatic N) is 2. The maximum Gasteiger partial charge on any atom is 0.0638 e. The molecule has 2 nitrogen and oxygen atoms in total. The van der Waals surface area contributed by atoms with Gasteiger partial charge in [-0.15, -0.1) is 0 Å². The number of hydrogen-bond acceptors (Lipinski definition) is 2. The third-order valence-electron chi connectivity index (χ3n) is 4.41. The Morgan fingerprint density at radius 3 is 1.46 bits per heavy atom. The van der Waals surface area contributed by atoms with E-state index in [4.69, 9.17) is 4.99 Å². The SMILES string of the molecule is CCc1cc(CC)cc(N=CC(C)=Nc2cc(CC)cc(CC)c2)c1.[Ni]. The molecule has 2 aromatic rings. The summed E-state index contributed by atoms with van der Waals surface area (Å²) in [6.45, 7) is 10.7. The molecule has 0 radical (unpaired) electrons. The maximum absolute atomic E-state index is 4.74. The van der Waals surface area contributed by atoms with E-state index in [-0.39, 0.29) is 16.5 Å². The van der Waals surface area contributed by atoms with Gasteiger partial charge in [-0.2, -0.15) is 0 Å². The van der Waals surface area contributed by atoms with Crippen molar-refractivity contribution in [1.29, 1.82) is 0 Å². The van der Waals surface area contributed by atoms with Gasteiger partial charge in [0.15, 0.2) is 0 Å². The van der Waals surface area contributed by atoms with E-state index in [1.54, 1.807) is 0 Å². The second-order valence-electron chi connectivity index (χ2n) is 6.44. The fourth-order valence-corrected chi connectivity index (χ4v) is 2.84. The van der Waals surface area contributed by atoms with Crippen LogP contribution in [0.5, 0.6) is 0 Å². The van der Waals surface area contributed by atoms with Crippen LogP contribution in [0, 0.1) is 0 Å². The van der Waals surface area contributed by atoms with Crippen LogP contribution in [0.25, 0.3) is 0 Å². The molecule has 0 amide bonds. The summed E-state index contributed by atoms with van der Waals surface area (Å²) in [7, 11) is 0. The molecule has 0 aliphatic heterocycles. The average molecular weight is 393 g/mol.